The lowest BCUT2D eigenvalue weighted by molar-refractivity contribution is -0.885. The first-order chi connectivity index (χ1) is 9.54. The Morgan fingerprint density at radius 3 is 2.90 bits per heavy atom. The number of hydrogen-bond acceptors (Lipinski definition) is 2. The molecule has 0 aliphatic heterocycles. The molecule has 0 spiro atoms. The third-order valence-electron chi connectivity index (χ3n) is 2.75. The van der Waals surface area contributed by atoms with E-state index in [1.807, 2.05) is 18.5 Å². The number of amides is 1. The summed E-state index contributed by atoms with van der Waals surface area (Å²) in [4.78, 5) is 13.0. The standard InChI is InChI=1S/C14H14ClFN2OS/c1-18(7-10-4-5-20-9-10)8-14(19)17-11-2-3-13(16)12(15)6-11/h2-6,9H,7-8H2,1H3,(H,17,19)/p+1. The van der Waals surface area contributed by atoms with Gasteiger partial charge in [0.15, 0.2) is 6.54 Å². The predicted octanol–water partition coefficient (Wildman–Crippen LogP) is 2.19. The lowest BCUT2D eigenvalue weighted by Gasteiger charge is -2.13. The van der Waals surface area contributed by atoms with Crippen LogP contribution in [0.25, 0.3) is 0 Å². The van der Waals surface area contributed by atoms with E-state index in [-0.39, 0.29) is 10.9 Å². The molecule has 1 atom stereocenters. The summed E-state index contributed by atoms with van der Waals surface area (Å²) in [6.45, 7) is 1.13. The minimum atomic E-state index is -0.495. The number of carbonyl (C=O) groups excluding carboxylic acids is 1. The molecule has 0 radical (unpaired) electrons. The fourth-order valence-electron chi connectivity index (χ4n) is 1.86. The van der Waals surface area contributed by atoms with Gasteiger partial charge in [-0.05, 0) is 35.0 Å². The van der Waals surface area contributed by atoms with Crippen molar-refractivity contribution in [2.45, 2.75) is 6.54 Å². The molecule has 2 aromatic rings. The van der Waals surface area contributed by atoms with Crippen molar-refractivity contribution in [3.8, 4) is 0 Å². The van der Waals surface area contributed by atoms with Crippen LogP contribution < -0.4 is 10.2 Å². The van der Waals surface area contributed by atoms with Gasteiger partial charge in [-0.1, -0.05) is 11.6 Å². The summed E-state index contributed by atoms with van der Waals surface area (Å²) in [6, 6.07) is 6.18. The van der Waals surface area contributed by atoms with Crippen LogP contribution in [0.3, 0.4) is 0 Å². The quantitative estimate of drug-likeness (QED) is 0.872. The number of carbonyl (C=O) groups is 1. The van der Waals surface area contributed by atoms with Crippen molar-refractivity contribution in [3.05, 3.63) is 51.4 Å². The van der Waals surface area contributed by atoms with Crippen LogP contribution in [0, 0.1) is 5.82 Å². The van der Waals surface area contributed by atoms with E-state index in [0.717, 1.165) is 11.4 Å². The Balaban J connectivity index is 1.87. The largest absolute Gasteiger partial charge is 0.326 e. The summed E-state index contributed by atoms with van der Waals surface area (Å²) >= 11 is 7.31. The van der Waals surface area contributed by atoms with Crippen molar-refractivity contribution in [1.29, 1.82) is 0 Å². The molecule has 1 heterocycles. The maximum absolute atomic E-state index is 13.0. The Bertz CT molecular complexity index is 589. The zero-order valence-corrected chi connectivity index (χ0v) is 12.5. The Kier molecular flexibility index (Phi) is 5.11. The Hall–Kier alpha value is -1.43. The smallest absolute Gasteiger partial charge is 0.279 e. The van der Waals surface area contributed by atoms with Crippen LogP contribution in [0.2, 0.25) is 5.02 Å². The van der Waals surface area contributed by atoms with Gasteiger partial charge in [0, 0.05) is 11.3 Å². The van der Waals surface area contributed by atoms with Gasteiger partial charge in [-0.15, -0.1) is 0 Å². The van der Waals surface area contributed by atoms with Crippen LogP contribution in [0.1, 0.15) is 5.56 Å². The maximum atomic E-state index is 13.0. The van der Waals surface area contributed by atoms with Crippen LogP contribution >= 0.6 is 22.9 Å². The molecule has 0 saturated carbocycles. The SMILES string of the molecule is C[NH+](CC(=O)Nc1ccc(F)c(Cl)c1)Cc1ccsc1. The fourth-order valence-corrected chi connectivity index (χ4v) is 2.71. The lowest BCUT2D eigenvalue weighted by atomic mass is 10.3. The highest BCUT2D eigenvalue weighted by Crippen LogP contribution is 2.19. The fraction of sp³-hybridized carbons (Fsp3) is 0.214. The number of rotatable bonds is 5. The number of thiophene rings is 1. The monoisotopic (exact) mass is 313 g/mol. The highest BCUT2D eigenvalue weighted by Gasteiger charge is 2.11. The van der Waals surface area contributed by atoms with Gasteiger partial charge in [0.05, 0.1) is 12.1 Å². The average Bonchev–Trinajstić information content (AvgIpc) is 2.86. The summed E-state index contributed by atoms with van der Waals surface area (Å²) < 4.78 is 13.0. The number of likely N-dealkylation sites (N-methyl/N-ethyl adjacent to an activating group) is 1. The number of halogens is 2. The molecule has 6 heteroatoms. The van der Waals surface area contributed by atoms with Gasteiger partial charge in [-0.2, -0.15) is 11.3 Å². The molecule has 2 rings (SSSR count). The summed E-state index contributed by atoms with van der Waals surface area (Å²) in [5.41, 5.74) is 1.72. The van der Waals surface area contributed by atoms with Gasteiger partial charge in [0.25, 0.3) is 5.91 Å². The Labute approximate surface area is 126 Å². The van der Waals surface area contributed by atoms with Crippen molar-refractivity contribution in [1.82, 2.24) is 0 Å². The number of quaternary nitrogens is 1. The second-order valence-corrected chi connectivity index (χ2v) is 5.81. The topological polar surface area (TPSA) is 33.5 Å². The van der Waals surface area contributed by atoms with E-state index in [1.165, 1.54) is 23.8 Å². The van der Waals surface area contributed by atoms with E-state index >= 15 is 0 Å². The average molecular weight is 314 g/mol. The summed E-state index contributed by atoms with van der Waals surface area (Å²) in [7, 11) is 1.95. The minimum Gasteiger partial charge on any atom is -0.326 e. The van der Waals surface area contributed by atoms with Gasteiger partial charge in [-0.25, -0.2) is 4.39 Å². The molecule has 0 aliphatic carbocycles. The van der Waals surface area contributed by atoms with Gasteiger partial charge >= 0.3 is 0 Å². The van der Waals surface area contributed by atoms with Crippen molar-refractivity contribution < 1.29 is 14.1 Å². The van der Waals surface area contributed by atoms with Gasteiger partial charge in [0.2, 0.25) is 0 Å². The molecular formula is C14H15ClFN2OS+. The van der Waals surface area contributed by atoms with Crippen LogP contribution in [0.4, 0.5) is 10.1 Å². The van der Waals surface area contributed by atoms with Gasteiger partial charge in [-0.3, -0.25) is 4.79 Å². The summed E-state index contributed by atoms with van der Waals surface area (Å²) in [6.07, 6.45) is 0. The minimum absolute atomic E-state index is 0.00164. The molecule has 1 amide bonds. The predicted molar refractivity (Wildman–Crippen MR) is 79.8 cm³/mol. The Morgan fingerprint density at radius 2 is 2.25 bits per heavy atom. The molecule has 0 bridgehead atoms. The molecule has 1 aromatic carbocycles. The van der Waals surface area contributed by atoms with E-state index < -0.39 is 5.82 Å². The third kappa shape index (κ3) is 4.30. The second kappa shape index (κ2) is 6.83. The van der Waals surface area contributed by atoms with E-state index in [9.17, 15) is 9.18 Å². The van der Waals surface area contributed by atoms with Crippen LogP contribution in [-0.2, 0) is 11.3 Å². The molecule has 1 unspecified atom stereocenters. The number of benzene rings is 1. The van der Waals surface area contributed by atoms with Gasteiger partial charge in [0.1, 0.15) is 12.4 Å². The van der Waals surface area contributed by atoms with Crippen molar-refractivity contribution in [2.24, 2.45) is 0 Å². The van der Waals surface area contributed by atoms with E-state index in [0.29, 0.717) is 12.2 Å². The number of nitrogens with one attached hydrogen (secondary N) is 2. The number of hydrogen-bond donors (Lipinski definition) is 2. The van der Waals surface area contributed by atoms with Crippen LogP contribution in [-0.4, -0.2) is 19.5 Å². The molecule has 1 aromatic heterocycles. The van der Waals surface area contributed by atoms with Crippen molar-refractivity contribution in [2.75, 3.05) is 18.9 Å². The summed E-state index contributed by atoms with van der Waals surface area (Å²) in [5.74, 6) is -0.620. The Morgan fingerprint density at radius 1 is 1.45 bits per heavy atom. The molecule has 3 nitrogen and oxygen atoms in total. The van der Waals surface area contributed by atoms with Crippen LogP contribution in [0.15, 0.2) is 35.0 Å². The highest BCUT2D eigenvalue weighted by molar-refractivity contribution is 7.07. The van der Waals surface area contributed by atoms with Crippen molar-refractivity contribution >= 4 is 34.5 Å². The normalized spacial score (nSPS) is 12.2. The molecule has 20 heavy (non-hydrogen) atoms. The molecule has 106 valence electrons. The zero-order chi connectivity index (χ0) is 14.5. The first-order valence-electron chi connectivity index (χ1n) is 6.12. The molecular weight excluding hydrogens is 299 g/mol. The van der Waals surface area contributed by atoms with Crippen LogP contribution in [0.5, 0.6) is 0 Å². The molecule has 0 saturated heterocycles. The van der Waals surface area contributed by atoms with E-state index in [4.69, 9.17) is 11.6 Å². The maximum Gasteiger partial charge on any atom is 0.279 e. The summed E-state index contributed by atoms with van der Waals surface area (Å²) in [5, 5.41) is 6.80. The molecule has 0 aliphatic rings. The lowest BCUT2D eigenvalue weighted by Crippen LogP contribution is -3.08. The van der Waals surface area contributed by atoms with E-state index in [1.54, 1.807) is 11.3 Å². The molecule has 2 N–H and O–H groups in total. The highest BCUT2D eigenvalue weighted by atomic mass is 35.5. The number of anilines is 1. The third-order valence-corrected chi connectivity index (χ3v) is 3.77. The van der Waals surface area contributed by atoms with E-state index in [2.05, 4.69) is 10.7 Å². The first kappa shape index (κ1) is 15.0. The second-order valence-electron chi connectivity index (χ2n) is 4.62. The molecule has 0 fully saturated rings. The first-order valence-corrected chi connectivity index (χ1v) is 7.44. The zero-order valence-electron chi connectivity index (χ0n) is 11.0. The van der Waals surface area contributed by atoms with Crippen molar-refractivity contribution in [3.63, 3.8) is 0 Å². The van der Waals surface area contributed by atoms with Gasteiger partial charge < -0.3 is 10.2 Å².